The van der Waals surface area contributed by atoms with Gasteiger partial charge in [0.1, 0.15) is 11.9 Å². The van der Waals surface area contributed by atoms with E-state index in [0.29, 0.717) is 24.2 Å². The summed E-state index contributed by atoms with van der Waals surface area (Å²) in [5, 5.41) is 4.12. The minimum absolute atomic E-state index is 0.226. The number of anilines is 1. The van der Waals surface area contributed by atoms with E-state index in [1.807, 2.05) is 30.3 Å². The fourth-order valence-corrected chi connectivity index (χ4v) is 2.32. The number of fused-ring (bicyclic) bond motifs is 1. The molecule has 0 fully saturated rings. The maximum Gasteiger partial charge on any atom is 0.240 e. The van der Waals surface area contributed by atoms with Crippen molar-refractivity contribution < 1.29 is 9.59 Å². The van der Waals surface area contributed by atoms with Gasteiger partial charge in [0.2, 0.25) is 5.91 Å². The summed E-state index contributed by atoms with van der Waals surface area (Å²) < 4.78 is 0. The molecule has 2 heterocycles. The van der Waals surface area contributed by atoms with E-state index in [-0.39, 0.29) is 5.82 Å². The molecule has 0 bridgehead atoms. The highest BCUT2D eigenvalue weighted by Gasteiger charge is 2.18. The van der Waals surface area contributed by atoms with Crippen LogP contribution in [0.1, 0.15) is 16.3 Å². The molecule has 0 saturated carbocycles. The molecule has 0 saturated heterocycles. The zero-order valence-corrected chi connectivity index (χ0v) is 11.7. The number of primary amides is 1. The van der Waals surface area contributed by atoms with Crippen molar-refractivity contribution in [2.45, 2.75) is 12.5 Å². The van der Waals surface area contributed by atoms with Crippen LogP contribution >= 0.6 is 0 Å². The second-order valence-electron chi connectivity index (χ2n) is 4.99. The first kappa shape index (κ1) is 13.9. The van der Waals surface area contributed by atoms with Gasteiger partial charge in [-0.15, -0.1) is 0 Å². The molecule has 0 aliphatic heterocycles. The summed E-state index contributed by atoms with van der Waals surface area (Å²) >= 11 is 0. The summed E-state index contributed by atoms with van der Waals surface area (Å²) in [6.45, 7) is 0. The van der Waals surface area contributed by atoms with Crippen molar-refractivity contribution in [3.8, 4) is 0 Å². The molecule has 3 aromatic rings. The van der Waals surface area contributed by atoms with E-state index in [1.54, 1.807) is 0 Å². The quantitative estimate of drug-likeness (QED) is 0.512. The minimum atomic E-state index is -0.618. The molecule has 112 valence electrons. The Morgan fingerprint density at radius 2 is 2.18 bits per heavy atom. The molecule has 3 rings (SSSR count). The Hall–Kier alpha value is -3.09. The molecule has 0 spiro atoms. The van der Waals surface area contributed by atoms with E-state index in [1.165, 1.54) is 6.20 Å². The lowest BCUT2D eigenvalue weighted by molar-refractivity contribution is -0.118. The Kier molecular flexibility index (Phi) is 3.61. The number of aromatic amines is 2. The van der Waals surface area contributed by atoms with E-state index in [9.17, 15) is 9.59 Å². The van der Waals surface area contributed by atoms with Crippen LogP contribution in [0.3, 0.4) is 0 Å². The summed E-state index contributed by atoms with van der Waals surface area (Å²) in [5.74, 6) is 0.449. The number of nitrogens with two attached hydrogens (primary N) is 1. The van der Waals surface area contributed by atoms with E-state index in [0.717, 1.165) is 10.9 Å². The number of hydrogen-bond donors (Lipinski definition) is 4. The second kappa shape index (κ2) is 5.72. The van der Waals surface area contributed by atoms with Crippen LogP contribution in [-0.2, 0) is 11.2 Å². The predicted octanol–water partition coefficient (Wildman–Crippen LogP) is 1.21. The number of carbonyl (C=O) groups excluding carboxylic acids is 2. The van der Waals surface area contributed by atoms with Crippen LogP contribution in [0.15, 0.2) is 36.5 Å². The molecule has 1 amide bonds. The van der Waals surface area contributed by atoms with Crippen molar-refractivity contribution in [1.29, 1.82) is 0 Å². The van der Waals surface area contributed by atoms with Crippen molar-refractivity contribution in [3.05, 3.63) is 48.0 Å². The summed E-state index contributed by atoms with van der Waals surface area (Å²) in [6.07, 6.45) is 2.45. The molecule has 5 N–H and O–H groups in total. The smallest absolute Gasteiger partial charge is 0.240 e. The third kappa shape index (κ3) is 2.83. The number of hydrogen-bond acceptors (Lipinski definition) is 4. The largest absolute Gasteiger partial charge is 0.368 e. The van der Waals surface area contributed by atoms with Crippen LogP contribution in [-0.4, -0.2) is 33.2 Å². The van der Waals surface area contributed by atoms with Gasteiger partial charge in [-0.05, 0) is 12.1 Å². The van der Waals surface area contributed by atoms with Gasteiger partial charge in [-0.3, -0.25) is 9.59 Å². The molecule has 1 aromatic carbocycles. The zero-order valence-electron chi connectivity index (χ0n) is 11.7. The average Bonchev–Trinajstić information content (AvgIpc) is 3.12. The number of H-pyrrole nitrogens is 2. The number of nitrogens with zero attached hydrogens (tertiary/aromatic N) is 1. The Morgan fingerprint density at radius 1 is 1.36 bits per heavy atom. The second-order valence-corrected chi connectivity index (χ2v) is 4.99. The van der Waals surface area contributed by atoms with Crippen LogP contribution in [0.4, 0.5) is 5.82 Å². The lowest BCUT2D eigenvalue weighted by Crippen LogP contribution is -2.37. The highest BCUT2D eigenvalue weighted by molar-refractivity contribution is 5.87. The van der Waals surface area contributed by atoms with Crippen LogP contribution in [0.5, 0.6) is 0 Å². The van der Waals surface area contributed by atoms with Gasteiger partial charge in [0.05, 0.1) is 0 Å². The molecular weight excluding hydrogens is 282 g/mol. The average molecular weight is 297 g/mol. The number of aldehydes is 1. The Balaban J connectivity index is 1.78. The normalized spacial score (nSPS) is 12.2. The highest BCUT2D eigenvalue weighted by Crippen LogP contribution is 2.19. The maximum absolute atomic E-state index is 11.6. The zero-order chi connectivity index (χ0) is 15.5. The van der Waals surface area contributed by atoms with Gasteiger partial charge in [0.15, 0.2) is 12.1 Å². The molecule has 22 heavy (non-hydrogen) atoms. The van der Waals surface area contributed by atoms with Crippen molar-refractivity contribution >= 4 is 28.9 Å². The first-order chi connectivity index (χ1) is 10.7. The number of imidazole rings is 1. The number of amides is 1. The number of nitrogens with one attached hydrogen (secondary N) is 3. The lowest BCUT2D eigenvalue weighted by Gasteiger charge is -2.14. The van der Waals surface area contributed by atoms with Gasteiger partial charge >= 0.3 is 0 Å². The first-order valence-electron chi connectivity index (χ1n) is 6.78. The van der Waals surface area contributed by atoms with Crippen molar-refractivity contribution in [1.82, 2.24) is 15.0 Å². The molecule has 1 atom stereocenters. The minimum Gasteiger partial charge on any atom is -0.368 e. The molecule has 0 radical (unpaired) electrons. The van der Waals surface area contributed by atoms with Gasteiger partial charge in [-0.2, -0.15) is 0 Å². The number of carbonyl (C=O) groups is 2. The third-order valence-electron chi connectivity index (χ3n) is 3.39. The molecule has 0 aliphatic rings. The van der Waals surface area contributed by atoms with Crippen LogP contribution in [0, 0.1) is 0 Å². The van der Waals surface area contributed by atoms with E-state index in [2.05, 4.69) is 20.3 Å². The number of rotatable bonds is 6. The van der Waals surface area contributed by atoms with Gasteiger partial charge in [0.25, 0.3) is 0 Å². The fraction of sp³-hybridized carbons (Fsp3) is 0.133. The van der Waals surface area contributed by atoms with Crippen molar-refractivity contribution in [2.24, 2.45) is 5.73 Å². The van der Waals surface area contributed by atoms with Gasteiger partial charge in [-0.25, -0.2) is 4.98 Å². The van der Waals surface area contributed by atoms with E-state index >= 15 is 0 Å². The summed E-state index contributed by atoms with van der Waals surface area (Å²) in [5.41, 5.74) is 7.08. The van der Waals surface area contributed by atoms with Crippen molar-refractivity contribution in [3.63, 3.8) is 0 Å². The Labute approximate surface area is 125 Å². The SMILES string of the molecule is NC(=O)[C@H](Cc1cnc(C=O)[nH]1)Nc1cc2ccccc2[nH]1. The molecule has 7 heteroatoms. The third-order valence-corrected chi connectivity index (χ3v) is 3.39. The topological polar surface area (TPSA) is 117 Å². The van der Waals surface area contributed by atoms with Crippen LogP contribution < -0.4 is 11.1 Å². The molecule has 0 unspecified atom stereocenters. The van der Waals surface area contributed by atoms with E-state index in [4.69, 9.17) is 5.73 Å². The van der Waals surface area contributed by atoms with Crippen molar-refractivity contribution in [2.75, 3.05) is 5.32 Å². The van der Waals surface area contributed by atoms with Gasteiger partial charge in [-0.1, -0.05) is 18.2 Å². The number of benzene rings is 1. The van der Waals surface area contributed by atoms with E-state index < -0.39 is 11.9 Å². The van der Waals surface area contributed by atoms with Crippen LogP contribution in [0.25, 0.3) is 10.9 Å². The number of para-hydroxylation sites is 1. The fourth-order valence-electron chi connectivity index (χ4n) is 2.32. The molecule has 2 aromatic heterocycles. The lowest BCUT2D eigenvalue weighted by atomic mass is 10.1. The highest BCUT2D eigenvalue weighted by atomic mass is 16.1. The monoisotopic (exact) mass is 297 g/mol. The summed E-state index contributed by atoms with van der Waals surface area (Å²) in [7, 11) is 0. The predicted molar refractivity (Wildman–Crippen MR) is 82.6 cm³/mol. The summed E-state index contributed by atoms with van der Waals surface area (Å²) in [6, 6.07) is 9.09. The Morgan fingerprint density at radius 3 is 2.86 bits per heavy atom. The molecule has 7 nitrogen and oxygen atoms in total. The summed E-state index contributed by atoms with van der Waals surface area (Å²) in [4.78, 5) is 32.1. The van der Waals surface area contributed by atoms with Crippen LogP contribution in [0.2, 0.25) is 0 Å². The standard InChI is InChI=1S/C15H15N5O2/c16-15(22)12(6-10-7-17-14(8-21)18-10)20-13-5-9-3-1-2-4-11(9)19-13/h1-5,7-8,12,19-20H,6H2,(H2,16,22)(H,17,18)/t12-/m0/s1. The molecular formula is C15H15N5O2. The Bertz CT molecular complexity index is 787. The van der Waals surface area contributed by atoms with Gasteiger partial charge in [0, 0.05) is 29.2 Å². The molecule has 0 aliphatic carbocycles. The maximum atomic E-state index is 11.6. The van der Waals surface area contributed by atoms with Gasteiger partial charge < -0.3 is 21.0 Å². The number of aromatic nitrogens is 3. The first-order valence-corrected chi connectivity index (χ1v) is 6.78.